The van der Waals surface area contributed by atoms with Crippen LogP contribution in [0.3, 0.4) is 0 Å². The van der Waals surface area contributed by atoms with E-state index in [1.54, 1.807) is 12.1 Å². The van der Waals surface area contributed by atoms with Gasteiger partial charge in [0.1, 0.15) is 0 Å². The van der Waals surface area contributed by atoms with Crippen LogP contribution in [-0.2, 0) is 10.8 Å². The van der Waals surface area contributed by atoms with E-state index in [1.165, 1.54) is 19.3 Å². The molecule has 100 valence electrons. The molecule has 2 N–H and O–H groups in total. The number of halogens is 1. The van der Waals surface area contributed by atoms with Gasteiger partial charge in [0.2, 0.25) is 0 Å². The Balaban J connectivity index is 2.24. The van der Waals surface area contributed by atoms with Crippen LogP contribution < -0.4 is 5.73 Å². The first kappa shape index (κ1) is 13.9. The van der Waals surface area contributed by atoms with Gasteiger partial charge in [0.15, 0.2) is 0 Å². The molecule has 4 heteroatoms. The summed E-state index contributed by atoms with van der Waals surface area (Å²) in [4.78, 5) is 0.746. The molecule has 0 saturated heterocycles. The van der Waals surface area contributed by atoms with Gasteiger partial charge in [-0.15, -0.1) is 0 Å². The third-order valence-electron chi connectivity index (χ3n) is 3.81. The molecule has 3 atom stereocenters. The minimum atomic E-state index is -1.01. The second-order valence-corrected chi connectivity index (χ2v) is 7.03. The van der Waals surface area contributed by atoms with Gasteiger partial charge in [-0.25, -0.2) is 0 Å². The fourth-order valence-electron chi connectivity index (χ4n) is 2.77. The van der Waals surface area contributed by atoms with Crippen molar-refractivity contribution < 1.29 is 4.21 Å². The molecule has 1 aliphatic carbocycles. The summed E-state index contributed by atoms with van der Waals surface area (Å²) < 4.78 is 12.7. The van der Waals surface area contributed by atoms with Crippen molar-refractivity contribution in [2.75, 3.05) is 5.73 Å². The number of hydrogen-bond acceptors (Lipinski definition) is 2. The van der Waals surface area contributed by atoms with Gasteiger partial charge in [-0.3, -0.25) is 4.21 Å². The summed E-state index contributed by atoms with van der Waals surface area (Å²) in [7, 11) is -1.01. The minimum absolute atomic E-state index is 0.255. The summed E-state index contributed by atoms with van der Waals surface area (Å²) in [6.07, 6.45) is 5.79. The first-order valence-electron chi connectivity index (χ1n) is 6.59. The number of anilines is 1. The van der Waals surface area contributed by atoms with E-state index in [1.807, 2.05) is 6.07 Å². The molecule has 0 heterocycles. The predicted molar refractivity (Wildman–Crippen MR) is 78.3 cm³/mol. The molecular weight excluding hydrogens is 266 g/mol. The summed E-state index contributed by atoms with van der Waals surface area (Å²) in [5.41, 5.74) is 6.30. The Hall–Kier alpha value is -0.540. The Kier molecular flexibility index (Phi) is 4.68. The minimum Gasteiger partial charge on any atom is -0.399 e. The second-order valence-electron chi connectivity index (χ2n) is 4.98. The number of nitrogens with two attached hydrogens (primary N) is 1. The Morgan fingerprint density at radius 2 is 2.11 bits per heavy atom. The maximum absolute atomic E-state index is 12.7. The van der Waals surface area contributed by atoms with Crippen LogP contribution >= 0.6 is 11.6 Å². The smallest absolute Gasteiger partial charge is 0.0588 e. The molecule has 1 aromatic rings. The van der Waals surface area contributed by atoms with Gasteiger partial charge in [0.25, 0.3) is 0 Å². The lowest BCUT2D eigenvalue weighted by atomic mass is 9.87. The molecular formula is C14H20ClNOS. The molecule has 0 radical (unpaired) electrons. The van der Waals surface area contributed by atoms with Gasteiger partial charge in [-0.05, 0) is 37.0 Å². The van der Waals surface area contributed by atoms with Crippen molar-refractivity contribution in [3.05, 3.63) is 23.2 Å². The largest absolute Gasteiger partial charge is 0.399 e. The molecule has 0 spiro atoms. The van der Waals surface area contributed by atoms with Crippen LogP contribution in [0.2, 0.25) is 5.02 Å². The lowest BCUT2D eigenvalue weighted by Crippen LogP contribution is -2.29. The Morgan fingerprint density at radius 3 is 2.78 bits per heavy atom. The molecule has 3 unspecified atom stereocenters. The number of benzene rings is 1. The van der Waals surface area contributed by atoms with E-state index in [-0.39, 0.29) is 5.25 Å². The molecule has 0 amide bonds. The standard InChI is InChI=1S/C14H20ClNOS/c1-2-10-5-3-4-6-13(10)18(17)14-8-7-11(16)9-12(14)15/h7-10,13H,2-6,16H2,1H3. The van der Waals surface area contributed by atoms with Gasteiger partial charge in [-0.1, -0.05) is 37.8 Å². The van der Waals surface area contributed by atoms with Crippen LogP contribution in [0.4, 0.5) is 5.69 Å². The maximum atomic E-state index is 12.7. The summed E-state index contributed by atoms with van der Waals surface area (Å²) >= 11 is 6.16. The topological polar surface area (TPSA) is 43.1 Å². The highest BCUT2D eigenvalue weighted by Gasteiger charge is 2.30. The van der Waals surface area contributed by atoms with Crippen LogP contribution in [0, 0.1) is 5.92 Å². The Labute approximate surface area is 116 Å². The van der Waals surface area contributed by atoms with Crippen LogP contribution in [0.1, 0.15) is 39.0 Å². The highest BCUT2D eigenvalue weighted by Crippen LogP contribution is 2.35. The van der Waals surface area contributed by atoms with Gasteiger partial charge >= 0.3 is 0 Å². The van der Waals surface area contributed by atoms with Gasteiger partial charge in [0.05, 0.1) is 20.7 Å². The fourth-order valence-corrected chi connectivity index (χ4v) is 5.02. The zero-order valence-electron chi connectivity index (χ0n) is 10.7. The third kappa shape index (κ3) is 2.89. The lowest BCUT2D eigenvalue weighted by Gasteiger charge is -2.30. The van der Waals surface area contributed by atoms with Crippen molar-refractivity contribution in [3.63, 3.8) is 0 Å². The maximum Gasteiger partial charge on any atom is 0.0588 e. The van der Waals surface area contributed by atoms with Crippen LogP contribution in [-0.4, -0.2) is 9.46 Å². The summed E-state index contributed by atoms with van der Waals surface area (Å²) in [6.45, 7) is 2.19. The molecule has 1 aromatic carbocycles. The highest BCUT2D eigenvalue weighted by atomic mass is 35.5. The summed E-state index contributed by atoms with van der Waals surface area (Å²) in [6, 6.07) is 5.29. The van der Waals surface area contributed by atoms with Crippen LogP contribution in [0.15, 0.2) is 23.1 Å². The summed E-state index contributed by atoms with van der Waals surface area (Å²) in [5.74, 6) is 0.563. The van der Waals surface area contributed by atoms with Gasteiger partial charge < -0.3 is 5.73 Å². The number of rotatable bonds is 3. The van der Waals surface area contributed by atoms with E-state index in [4.69, 9.17) is 17.3 Å². The van der Waals surface area contributed by atoms with Crippen molar-refractivity contribution in [2.45, 2.75) is 49.2 Å². The summed E-state index contributed by atoms with van der Waals surface area (Å²) in [5, 5.41) is 0.790. The molecule has 0 bridgehead atoms. The second kappa shape index (κ2) is 6.07. The zero-order valence-corrected chi connectivity index (χ0v) is 12.3. The molecule has 1 saturated carbocycles. The van der Waals surface area contributed by atoms with Crippen LogP contribution in [0.25, 0.3) is 0 Å². The molecule has 2 rings (SSSR count). The van der Waals surface area contributed by atoms with Crippen LogP contribution in [0.5, 0.6) is 0 Å². The van der Waals surface area contributed by atoms with E-state index < -0.39 is 10.8 Å². The van der Waals surface area contributed by atoms with E-state index in [2.05, 4.69) is 6.92 Å². The van der Waals surface area contributed by atoms with E-state index >= 15 is 0 Å². The lowest BCUT2D eigenvalue weighted by molar-refractivity contribution is 0.355. The highest BCUT2D eigenvalue weighted by molar-refractivity contribution is 7.85. The molecule has 0 aliphatic heterocycles. The van der Waals surface area contributed by atoms with E-state index in [0.29, 0.717) is 16.6 Å². The fraction of sp³-hybridized carbons (Fsp3) is 0.571. The predicted octanol–water partition coefficient (Wildman–Crippen LogP) is 4.00. The third-order valence-corrected chi connectivity index (χ3v) is 6.20. The number of nitrogen functional groups attached to an aromatic ring is 1. The molecule has 1 aliphatic rings. The van der Waals surface area contributed by atoms with Crippen molar-refractivity contribution in [3.8, 4) is 0 Å². The zero-order chi connectivity index (χ0) is 13.1. The first-order valence-corrected chi connectivity index (χ1v) is 8.18. The van der Waals surface area contributed by atoms with Crippen molar-refractivity contribution in [1.29, 1.82) is 0 Å². The van der Waals surface area contributed by atoms with E-state index in [9.17, 15) is 4.21 Å². The molecule has 0 aromatic heterocycles. The number of hydrogen-bond donors (Lipinski definition) is 1. The average Bonchev–Trinajstić information content (AvgIpc) is 2.38. The van der Waals surface area contributed by atoms with Crippen molar-refractivity contribution in [2.24, 2.45) is 5.92 Å². The molecule has 18 heavy (non-hydrogen) atoms. The van der Waals surface area contributed by atoms with E-state index in [0.717, 1.165) is 17.7 Å². The first-order chi connectivity index (χ1) is 8.63. The molecule has 2 nitrogen and oxygen atoms in total. The Morgan fingerprint density at radius 1 is 1.39 bits per heavy atom. The quantitative estimate of drug-likeness (QED) is 0.853. The monoisotopic (exact) mass is 285 g/mol. The van der Waals surface area contributed by atoms with Gasteiger partial charge in [0, 0.05) is 10.9 Å². The normalized spacial score (nSPS) is 25.9. The Bertz CT molecular complexity index is 449. The SMILES string of the molecule is CCC1CCCCC1S(=O)c1ccc(N)cc1Cl. The average molecular weight is 286 g/mol. The van der Waals surface area contributed by atoms with Crippen molar-refractivity contribution in [1.82, 2.24) is 0 Å². The van der Waals surface area contributed by atoms with Crippen molar-refractivity contribution >= 4 is 28.1 Å². The molecule has 1 fully saturated rings. The van der Waals surface area contributed by atoms with Gasteiger partial charge in [-0.2, -0.15) is 0 Å².